The molecule has 2 rings (SSSR count). The van der Waals surface area contributed by atoms with Crippen LogP contribution in [0.25, 0.3) is 21.5 Å². The Kier molecular flexibility index (Phi) is 1.43. The molecule has 12 heavy (non-hydrogen) atoms. The first-order chi connectivity index (χ1) is 5.92. The Morgan fingerprint density at radius 3 is 3.25 bits per heavy atom. The van der Waals surface area contributed by atoms with Crippen molar-refractivity contribution in [2.24, 2.45) is 5.11 Å². The topological polar surface area (TPSA) is 77.4 Å². The molecule has 58 valence electrons. The van der Waals surface area contributed by atoms with Crippen LogP contribution in [0.1, 0.15) is 0 Å². The van der Waals surface area contributed by atoms with Gasteiger partial charge in [-0.3, -0.25) is 0 Å². The quantitative estimate of drug-likeness (QED) is 0.387. The van der Waals surface area contributed by atoms with Gasteiger partial charge in [0, 0.05) is 22.7 Å². The summed E-state index contributed by atoms with van der Waals surface area (Å²) in [5, 5.41) is 4.37. The lowest BCUT2D eigenvalue weighted by Gasteiger charge is -1.91. The van der Waals surface area contributed by atoms with Crippen molar-refractivity contribution in [1.29, 1.82) is 0 Å². The lowest BCUT2D eigenvalue weighted by Crippen LogP contribution is -1.73. The first kappa shape index (κ1) is 6.69. The highest BCUT2D eigenvalue weighted by molar-refractivity contribution is 5.87. The molecule has 0 aliphatic carbocycles. The third-order valence-electron chi connectivity index (χ3n) is 1.59. The van der Waals surface area contributed by atoms with Gasteiger partial charge in [-0.15, -0.1) is 0 Å². The zero-order valence-corrected chi connectivity index (χ0v) is 6.10. The Morgan fingerprint density at radius 1 is 1.50 bits per heavy atom. The predicted octanol–water partition coefficient (Wildman–Crippen LogP) is 2.50. The van der Waals surface area contributed by atoms with Gasteiger partial charge in [0.25, 0.3) is 0 Å². The smallest absolute Gasteiger partial charge is 0.137 e. The van der Waals surface area contributed by atoms with Crippen LogP contribution in [0.15, 0.2) is 29.6 Å². The second-order valence-electron chi connectivity index (χ2n) is 2.26. The predicted molar refractivity (Wildman–Crippen MR) is 44.9 cm³/mol. The van der Waals surface area contributed by atoms with Gasteiger partial charge in [0.05, 0.1) is 5.69 Å². The first-order valence-electron chi connectivity index (χ1n) is 3.39. The van der Waals surface area contributed by atoms with E-state index in [2.05, 4.69) is 20.0 Å². The fraction of sp³-hybridized carbons (Fsp3) is 0. The van der Waals surface area contributed by atoms with E-state index in [1.165, 1.54) is 0 Å². The molecule has 0 atom stereocenters. The fourth-order valence-corrected chi connectivity index (χ4v) is 1.08. The molecule has 2 heterocycles. The number of H-pyrrole nitrogens is 1. The summed E-state index contributed by atoms with van der Waals surface area (Å²) < 4.78 is 0. The molecule has 0 saturated carbocycles. The van der Waals surface area contributed by atoms with Crippen molar-refractivity contribution < 1.29 is 0 Å². The standard InChI is InChI=1S/C7H5N5/c8-12-11-6-2-4-10-7-5(6)1-3-9-7/h1-4H,(H,9,10). The Morgan fingerprint density at radius 2 is 2.42 bits per heavy atom. The summed E-state index contributed by atoms with van der Waals surface area (Å²) in [6, 6.07) is 3.50. The lowest BCUT2D eigenvalue weighted by atomic mass is 10.3. The number of nitrogens with one attached hydrogen (secondary N) is 1. The maximum absolute atomic E-state index is 8.24. The summed E-state index contributed by atoms with van der Waals surface area (Å²) in [6.07, 6.45) is 3.36. The number of rotatable bonds is 1. The zero-order valence-electron chi connectivity index (χ0n) is 6.10. The summed E-state index contributed by atoms with van der Waals surface area (Å²) in [6.45, 7) is 0. The van der Waals surface area contributed by atoms with Crippen LogP contribution in [0, 0.1) is 0 Å². The average molecular weight is 159 g/mol. The van der Waals surface area contributed by atoms with Gasteiger partial charge >= 0.3 is 0 Å². The van der Waals surface area contributed by atoms with Crippen molar-refractivity contribution in [3.63, 3.8) is 0 Å². The van der Waals surface area contributed by atoms with Crippen LogP contribution in [0.5, 0.6) is 0 Å². The monoisotopic (exact) mass is 159 g/mol. The zero-order chi connectivity index (χ0) is 8.39. The van der Waals surface area contributed by atoms with E-state index >= 15 is 0 Å². The number of hydrogen-bond acceptors (Lipinski definition) is 2. The molecule has 0 aromatic carbocycles. The van der Waals surface area contributed by atoms with Crippen molar-refractivity contribution in [2.45, 2.75) is 0 Å². The second kappa shape index (κ2) is 2.56. The van der Waals surface area contributed by atoms with Crippen LogP contribution >= 0.6 is 0 Å². The number of fused-ring (bicyclic) bond motifs is 1. The molecule has 5 heteroatoms. The van der Waals surface area contributed by atoms with Crippen LogP contribution < -0.4 is 0 Å². The largest absolute Gasteiger partial charge is 0.346 e. The number of aromatic amines is 1. The Labute approximate surface area is 67.7 Å². The Balaban J connectivity index is 2.81. The van der Waals surface area contributed by atoms with Crippen molar-refractivity contribution in [2.75, 3.05) is 0 Å². The van der Waals surface area contributed by atoms with Gasteiger partial charge in [0.1, 0.15) is 5.65 Å². The molecule has 5 nitrogen and oxygen atoms in total. The van der Waals surface area contributed by atoms with E-state index in [1.54, 1.807) is 18.5 Å². The van der Waals surface area contributed by atoms with E-state index in [1.807, 2.05) is 6.07 Å². The average Bonchev–Trinajstić information content (AvgIpc) is 2.53. The highest BCUT2D eigenvalue weighted by Crippen LogP contribution is 2.22. The molecule has 2 aromatic rings. The van der Waals surface area contributed by atoms with E-state index < -0.39 is 0 Å². The first-order valence-corrected chi connectivity index (χ1v) is 3.39. The molecule has 0 fully saturated rings. The third kappa shape index (κ3) is 0.889. The van der Waals surface area contributed by atoms with E-state index in [4.69, 9.17) is 5.53 Å². The van der Waals surface area contributed by atoms with E-state index in [-0.39, 0.29) is 0 Å². The van der Waals surface area contributed by atoms with E-state index in [0.717, 1.165) is 11.0 Å². The molecule has 0 saturated heterocycles. The molecule has 0 radical (unpaired) electrons. The van der Waals surface area contributed by atoms with Gasteiger partial charge in [-0.2, -0.15) is 0 Å². The van der Waals surface area contributed by atoms with Crippen molar-refractivity contribution in [3.05, 3.63) is 35.0 Å². The molecular weight excluding hydrogens is 154 g/mol. The molecule has 0 spiro atoms. The molecular formula is C7H5N5. The van der Waals surface area contributed by atoms with Gasteiger partial charge in [-0.25, -0.2) is 4.98 Å². The van der Waals surface area contributed by atoms with Crippen LogP contribution in [-0.2, 0) is 0 Å². The summed E-state index contributed by atoms with van der Waals surface area (Å²) >= 11 is 0. The maximum Gasteiger partial charge on any atom is 0.137 e. The maximum atomic E-state index is 8.24. The molecule has 1 N–H and O–H groups in total. The number of nitrogens with zero attached hydrogens (tertiary/aromatic N) is 4. The Bertz CT molecular complexity index is 452. The number of aromatic nitrogens is 2. The molecule has 0 aliphatic rings. The van der Waals surface area contributed by atoms with Gasteiger partial charge in [-0.05, 0) is 17.7 Å². The second-order valence-corrected chi connectivity index (χ2v) is 2.26. The van der Waals surface area contributed by atoms with Gasteiger partial charge in [-0.1, -0.05) is 5.11 Å². The van der Waals surface area contributed by atoms with E-state index in [9.17, 15) is 0 Å². The summed E-state index contributed by atoms with van der Waals surface area (Å²) in [7, 11) is 0. The number of pyridine rings is 1. The van der Waals surface area contributed by atoms with Crippen molar-refractivity contribution in [3.8, 4) is 0 Å². The van der Waals surface area contributed by atoms with Crippen molar-refractivity contribution in [1.82, 2.24) is 9.97 Å². The van der Waals surface area contributed by atoms with Crippen LogP contribution in [0.2, 0.25) is 0 Å². The summed E-state index contributed by atoms with van der Waals surface area (Å²) in [5.41, 5.74) is 9.58. The molecule has 0 aliphatic heterocycles. The van der Waals surface area contributed by atoms with Gasteiger partial charge in [0.2, 0.25) is 0 Å². The van der Waals surface area contributed by atoms with Crippen LogP contribution in [0.3, 0.4) is 0 Å². The molecule has 0 amide bonds. The van der Waals surface area contributed by atoms with E-state index in [0.29, 0.717) is 5.69 Å². The molecule has 2 aromatic heterocycles. The van der Waals surface area contributed by atoms with Crippen LogP contribution in [-0.4, -0.2) is 9.97 Å². The summed E-state index contributed by atoms with van der Waals surface area (Å²) in [4.78, 5) is 9.69. The minimum atomic E-state index is 0.601. The summed E-state index contributed by atoms with van der Waals surface area (Å²) in [5.74, 6) is 0. The minimum Gasteiger partial charge on any atom is -0.346 e. The number of azide groups is 1. The minimum absolute atomic E-state index is 0.601. The normalized spacial score (nSPS) is 9.67. The third-order valence-corrected chi connectivity index (χ3v) is 1.59. The Hall–Kier alpha value is -2.00. The van der Waals surface area contributed by atoms with Gasteiger partial charge < -0.3 is 4.98 Å². The lowest BCUT2D eigenvalue weighted by molar-refractivity contribution is 1.32. The van der Waals surface area contributed by atoms with Gasteiger partial charge in [0.15, 0.2) is 0 Å². The molecule has 0 unspecified atom stereocenters. The molecule has 0 bridgehead atoms. The number of hydrogen-bond donors (Lipinski definition) is 1. The fourth-order valence-electron chi connectivity index (χ4n) is 1.08. The van der Waals surface area contributed by atoms with Crippen molar-refractivity contribution >= 4 is 16.7 Å². The SMILES string of the molecule is [N-]=[N+]=Nc1ccnc2[nH]ccc12. The highest BCUT2D eigenvalue weighted by Gasteiger charge is 1.98. The van der Waals surface area contributed by atoms with Crippen LogP contribution in [0.4, 0.5) is 5.69 Å². The highest BCUT2D eigenvalue weighted by atomic mass is 15.1.